The molecular weight excluding hydrogens is 346 g/mol. The standard InChI is InChI=1S/C25H27NO2/c1-2-24(28-22-16-10-5-11-17-22)25(27)26-19-18-23(20-12-6-3-7-13-20)21-14-8-4-9-15-21/h3-17,23-24H,2,18-19H2,1H3,(H,26,27)/t24-/m1/s1. The van der Waals surface area contributed by atoms with Crippen molar-refractivity contribution in [3.8, 4) is 5.75 Å². The van der Waals surface area contributed by atoms with E-state index in [0.29, 0.717) is 13.0 Å². The molecule has 0 saturated carbocycles. The minimum absolute atomic E-state index is 0.0637. The van der Waals surface area contributed by atoms with E-state index < -0.39 is 6.10 Å². The Kier molecular flexibility index (Phi) is 7.25. The molecule has 1 amide bonds. The third-order valence-corrected chi connectivity index (χ3v) is 4.82. The van der Waals surface area contributed by atoms with E-state index >= 15 is 0 Å². The van der Waals surface area contributed by atoms with Crippen LogP contribution in [0.15, 0.2) is 91.0 Å². The fraction of sp³-hybridized carbons (Fsp3) is 0.240. The zero-order chi connectivity index (χ0) is 19.6. The van der Waals surface area contributed by atoms with Crippen molar-refractivity contribution in [3.63, 3.8) is 0 Å². The lowest BCUT2D eigenvalue weighted by Crippen LogP contribution is -2.38. The van der Waals surface area contributed by atoms with Crippen molar-refractivity contribution in [3.05, 3.63) is 102 Å². The Hall–Kier alpha value is -3.07. The molecule has 144 valence electrons. The molecule has 0 spiro atoms. The first-order valence-corrected chi connectivity index (χ1v) is 9.87. The molecule has 0 aliphatic carbocycles. The van der Waals surface area contributed by atoms with Crippen LogP contribution in [0.1, 0.15) is 36.8 Å². The number of rotatable bonds is 9. The smallest absolute Gasteiger partial charge is 0.261 e. The van der Waals surface area contributed by atoms with Crippen molar-refractivity contribution in [2.24, 2.45) is 0 Å². The fourth-order valence-electron chi connectivity index (χ4n) is 3.34. The predicted octanol–water partition coefficient (Wildman–Crippen LogP) is 5.18. The summed E-state index contributed by atoms with van der Waals surface area (Å²) in [5, 5.41) is 3.06. The minimum Gasteiger partial charge on any atom is -0.481 e. The van der Waals surface area contributed by atoms with Crippen LogP contribution < -0.4 is 10.1 Å². The molecular formula is C25H27NO2. The number of carbonyl (C=O) groups excluding carboxylic acids is 1. The Morgan fingerprint density at radius 3 is 1.82 bits per heavy atom. The molecule has 1 atom stereocenters. The van der Waals surface area contributed by atoms with Crippen LogP contribution in [0.2, 0.25) is 0 Å². The summed E-state index contributed by atoms with van der Waals surface area (Å²) < 4.78 is 5.84. The zero-order valence-electron chi connectivity index (χ0n) is 16.3. The molecule has 3 aromatic carbocycles. The molecule has 0 unspecified atom stereocenters. The van der Waals surface area contributed by atoms with E-state index in [1.165, 1.54) is 11.1 Å². The molecule has 0 bridgehead atoms. The average Bonchev–Trinajstić information content (AvgIpc) is 2.77. The van der Waals surface area contributed by atoms with E-state index in [-0.39, 0.29) is 11.8 Å². The third kappa shape index (κ3) is 5.46. The molecule has 0 aromatic heterocycles. The summed E-state index contributed by atoms with van der Waals surface area (Å²) in [5.74, 6) is 0.903. The number of hydrogen-bond acceptors (Lipinski definition) is 2. The molecule has 0 heterocycles. The molecule has 1 N–H and O–H groups in total. The molecule has 0 fully saturated rings. The van der Waals surface area contributed by atoms with E-state index in [9.17, 15) is 4.79 Å². The Morgan fingerprint density at radius 1 is 0.821 bits per heavy atom. The van der Waals surface area contributed by atoms with Crippen LogP contribution in [0.25, 0.3) is 0 Å². The molecule has 0 aliphatic rings. The summed E-state index contributed by atoms with van der Waals surface area (Å²) in [7, 11) is 0. The van der Waals surface area contributed by atoms with Crippen molar-refractivity contribution in [2.75, 3.05) is 6.54 Å². The number of para-hydroxylation sites is 1. The molecule has 0 saturated heterocycles. The van der Waals surface area contributed by atoms with Gasteiger partial charge in [0.15, 0.2) is 6.10 Å². The van der Waals surface area contributed by atoms with Gasteiger partial charge in [-0.25, -0.2) is 0 Å². The summed E-state index contributed by atoms with van der Waals surface area (Å²) in [4.78, 5) is 12.6. The second-order valence-electron chi connectivity index (χ2n) is 6.78. The van der Waals surface area contributed by atoms with Crippen molar-refractivity contribution in [2.45, 2.75) is 31.8 Å². The van der Waals surface area contributed by atoms with Crippen molar-refractivity contribution < 1.29 is 9.53 Å². The van der Waals surface area contributed by atoms with E-state index in [1.54, 1.807) is 0 Å². The van der Waals surface area contributed by atoms with Gasteiger partial charge in [0.2, 0.25) is 0 Å². The predicted molar refractivity (Wildman–Crippen MR) is 114 cm³/mol. The number of nitrogens with one attached hydrogen (secondary N) is 1. The summed E-state index contributed by atoms with van der Waals surface area (Å²) in [5.41, 5.74) is 2.52. The average molecular weight is 373 g/mol. The van der Waals surface area contributed by atoms with Crippen LogP contribution in [-0.2, 0) is 4.79 Å². The number of hydrogen-bond donors (Lipinski definition) is 1. The van der Waals surface area contributed by atoms with Gasteiger partial charge >= 0.3 is 0 Å². The van der Waals surface area contributed by atoms with Gasteiger partial charge in [-0.1, -0.05) is 85.8 Å². The minimum atomic E-state index is -0.477. The molecule has 3 rings (SSSR count). The highest BCUT2D eigenvalue weighted by molar-refractivity contribution is 5.81. The number of amides is 1. The SMILES string of the molecule is CC[C@@H](Oc1ccccc1)C(=O)NCCC(c1ccccc1)c1ccccc1. The van der Waals surface area contributed by atoms with Gasteiger partial charge in [-0.15, -0.1) is 0 Å². The second kappa shape index (κ2) is 10.3. The molecule has 0 aliphatic heterocycles. The second-order valence-corrected chi connectivity index (χ2v) is 6.78. The maximum atomic E-state index is 12.6. The Balaban J connectivity index is 1.61. The Labute approximate surface area is 167 Å². The van der Waals surface area contributed by atoms with Crippen LogP contribution in [0.5, 0.6) is 5.75 Å². The lowest BCUT2D eigenvalue weighted by Gasteiger charge is -2.20. The third-order valence-electron chi connectivity index (χ3n) is 4.82. The summed E-state index contributed by atoms with van der Waals surface area (Å²) in [6.45, 7) is 2.56. The Bertz CT molecular complexity index is 795. The van der Waals surface area contributed by atoms with Crippen LogP contribution in [0.4, 0.5) is 0 Å². The van der Waals surface area contributed by atoms with Crippen molar-refractivity contribution in [1.82, 2.24) is 5.32 Å². The van der Waals surface area contributed by atoms with Gasteiger partial charge in [-0.2, -0.15) is 0 Å². The number of ether oxygens (including phenoxy) is 1. The molecule has 3 aromatic rings. The first-order chi connectivity index (χ1) is 13.8. The van der Waals surface area contributed by atoms with Gasteiger partial charge in [0.05, 0.1) is 0 Å². The van der Waals surface area contributed by atoms with Gasteiger partial charge in [0.1, 0.15) is 5.75 Å². The van der Waals surface area contributed by atoms with Gasteiger partial charge < -0.3 is 10.1 Å². The van der Waals surface area contributed by atoms with E-state index in [0.717, 1.165) is 12.2 Å². The summed E-state index contributed by atoms with van der Waals surface area (Å²) in [6, 6.07) is 30.4. The number of carbonyl (C=O) groups is 1. The van der Waals surface area contributed by atoms with Crippen molar-refractivity contribution >= 4 is 5.91 Å². The highest BCUT2D eigenvalue weighted by atomic mass is 16.5. The number of benzene rings is 3. The monoisotopic (exact) mass is 373 g/mol. The van der Waals surface area contributed by atoms with E-state index in [2.05, 4.69) is 53.8 Å². The van der Waals surface area contributed by atoms with Gasteiger partial charge in [-0.3, -0.25) is 4.79 Å². The highest BCUT2D eigenvalue weighted by Gasteiger charge is 2.19. The van der Waals surface area contributed by atoms with Crippen LogP contribution in [0.3, 0.4) is 0 Å². The van der Waals surface area contributed by atoms with E-state index in [1.807, 2.05) is 49.4 Å². The zero-order valence-corrected chi connectivity index (χ0v) is 16.3. The fourth-order valence-corrected chi connectivity index (χ4v) is 3.34. The van der Waals surface area contributed by atoms with Crippen LogP contribution in [0, 0.1) is 0 Å². The van der Waals surface area contributed by atoms with Gasteiger partial charge in [0, 0.05) is 12.5 Å². The van der Waals surface area contributed by atoms with Crippen molar-refractivity contribution in [1.29, 1.82) is 0 Å². The Morgan fingerprint density at radius 2 is 1.32 bits per heavy atom. The maximum Gasteiger partial charge on any atom is 0.261 e. The highest BCUT2D eigenvalue weighted by Crippen LogP contribution is 2.27. The molecule has 0 radical (unpaired) electrons. The van der Waals surface area contributed by atoms with E-state index in [4.69, 9.17) is 4.74 Å². The summed E-state index contributed by atoms with van der Waals surface area (Å²) >= 11 is 0. The largest absolute Gasteiger partial charge is 0.481 e. The van der Waals surface area contributed by atoms with Crippen LogP contribution >= 0.6 is 0 Å². The van der Waals surface area contributed by atoms with Gasteiger partial charge in [-0.05, 0) is 36.1 Å². The molecule has 3 nitrogen and oxygen atoms in total. The van der Waals surface area contributed by atoms with Crippen LogP contribution in [-0.4, -0.2) is 18.6 Å². The lowest BCUT2D eigenvalue weighted by atomic mass is 9.88. The normalized spacial score (nSPS) is 11.8. The maximum absolute atomic E-state index is 12.6. The lowest BCUT2D eigenvalue weighted by molar-refractivity contribution is -0.128. The first kappa shape index (κ1) is 19.7. The molecule has 28 heavy (non-hydrogen) atoms. The topological polar surface area (TPSA) is 38.3 Å². The summed E-state index contributed by atoms with van der Waals surface area (Å²) in [6.07, 6.45) is 0.984. The first-order valence-electron chi connectivity index (χ1n) is 9.87. The molecule has 3 heteroatoms. The quantitative estimate of drug-likeness (QED) is 0.561. The van der Waals surface area contributed by atoms with Gasteiger partial charge in [0.25, 0.3) is 5.91 Å².